The molecule has 98 valence electrons. The summed E-state index contributed by atoms with van der Waals surface area (Å²) >= 11 is 1.30. The van der Waals surface area contributed by atoms with Gasteiger partial charge in [0.1, 0.15) is 4.88 Å². The second-order valence-electron chi connectivity index (χ2n) is 4.87. The average Bonchev–Trinajstić information content (AvgIpc) is 2.92. The van der Waals surface area contributed by atoms with E-state index in [0.717, 1.165) is 24.3 Å². The molecule has 2 saturated carbocycles. The standard InChI is InChI=1S/C11H14N2O3S2/c14-10(13-18(15,16)8-2-1-3-8)9-6-12-11(17-9)7-4-5-7/h6-8H,1-5H2,(H,13,14). The predicted octanol–water partition coefficient (Wildman–Crippen LogP) is 1.63. The van der Waals surface area contributed by atoms with Crippen LogP contribution in [0.1, 0.15) is 52.7 Å². The highest BCUT2D eigenvalue weighted by molar-refractivity contribution is 7.90. The van der Waals surface area contributed by atoms with Gasteiger partial charge in [-0.2, -0.15) is 0 Å². The maximum absolute atomic E-state index is 11.8. The molecular weight excluding hydrogens is 272 g/mol. The molecule has 1 N–H and O–H groups in total. The lowest BCUT2D eigenvalue weighted by atomic mass is 10.0. The lowest BCUT2D eigenvalue weighted by Gasteiger charge is -2.24. The van der Waals surface area contributed by atoms with Crippen molar-refractivity contribution in [2.75, 3.05) is 0 Å². The monoisotopic (exact) mass is 286 g/mol. The maximum Gasteiger partial charge on any atom is 0.276 e. The lowest BCUT2D eigenvalue weighted by molar-refractivity contribution is 0.0984. The third-order valence-electron chi connectivity index (χ3n) is 3.40. The van der Waals surface area contributed by atoms with E-state index in [4.69, 9.17) is 0 Å². The topological polar surface area (TPSA) is 76.1 Å². The van der Waals surface area contributed by atoms with Crippen LogP contribution >= 0.6 is 11.3 Å². The molecule has 18 heavy (non-hydrogen) atoms. The van der Waals surface area contributed by atoms with Crippen molar-refractivity contribution in [3.05, 3.63) is 16.1 Å². The van der Waals surface area contributed by atoms with Crippen LogP contribution in [-0.2, 0) is 10.0 Å². The summed E-state index contributed by atoms with van der Waals surface area (Å²) in [6.07, 6.45) is 5.94. The van der Waals surface area contributed by atoms with Crippen molar-refractivity contribution < 1.29 is 13.2 Å². The zero-order valence-corrected chi connectivity index (χ0v) is 11.4. The highest BCUT2D eigenvalue weighted by atomic mass is 32.2. The smallest absolute Gasteiger partial charge is 0.267 e. The first-order valence-electron chi connectivity index (χ1n) is 6.08. The van der Waals surface area contributed by atoms with Gasteiger partial charge in [0.25, 0.3) is 5.91 Å². The number of rotatable bonds is 4. The normalized spacial score (nSPS) is 20.4. The van der Waals surface area contributed by atoms with Crippen molar-refractivity contribution in [3.63, 3.8) is 0 Å². The van der Waals surface area contributed by atoms with Gasteiger partial charge in [-0.3, -0.25) is 4.79 Å². The molecule has 1 amide bonds. The number of nitrogens with zero attached hydrogens (tertiary/aromatic N) is 1. The van der Waals surface area contributed by atoms with Gasteiger partial charge in [0.15, 0.2) is 0 Å². The molecule has 0 unspecified atom stereocenters. The van der Waals surface area contributed by atoms with Crippen LogP contribution in [-0.4, -0.2) is 24.6 Å². The highest BCUT2D eigenvalue weighted by Gasteiger charge is 2.33. The maximum atomic E-state index is 11.8. The second-order valence-corrected chi connectivity index (χ2v) is 7.89. The van der Waals surface area contributed by atoms with Gasteiger partial charge in [-0.25, -0.2) is 18.1 Å². The fraction of sp³-hybridized carbons (Fsp3) is 0.636. The molecule has 0 saturated heterocycles. The molecule has 5 nitrogen and oxygen atoms in total. The molecule has 1 aromatic heterocycles. The first kappa shape index (κ1) is 12.1. The van der Waals surface area contributed by atoms with Crippen molar-refractivity contribution in [2.24, 2.45) is 0 Å². The fourth-order valence-electron chi connectivity index (χ4n) is 1.86. The zero-order valence-electron chi connectivity index (χ0n) is 9.76. The summed E-state index contributed by atoms with van der Waals surface area (Å²) in [6, 6.07) is 0. The number of sulfonamides is 1. The SMILES string of the molecule is O=C(NS(=O)(=O)C1CCC1)c1cnc(C2CC2)s1. The lowest BCUT2D eigenvalue weighted by Crippen LogP contribution is -2.41. The number of hydrogen-bond donors (Lipinski definition) is 1. The van der Waals surface area contributed by atoms with Crippen molar-refractivity contribution in [3.8, 4) is 0 Å². The summed E-state index contributed by atoms with van der Waals surface area (Å²) in [7, 11) is -3.49. The van der Waals surface area contributed by atoms with E-state index in [0.29, 0.717) is 23.6 Å². The van der Waals surface area contributed by atoms with Gasteiger partial charge in [-0.05, 0) is 25.7 Å². The van der Waals surface area contributed by atoms with Gasteiger partial charge in [-0.1, -0.05) is 6.42 Å². The Kier molecular flexibility index (Phi) is 2.90. The summed E-state index contributed by atoms with van der Waals surface area (Å²) in [4.78, 5) is 16.4. The summed E-state index contributed by atoms with van der Waals surface area (Å²) in [5.74, 6) is -0.0499. The second kappa shape index (κ2) is 4.31. The van der Waals surface area contributed by atoms with Crippen LogP contribution < -0.4 is 4.72 Å². The molecule has 1 heterocycles. The van der Waals surface area contributed by atoms with E-state index in [1.54, 1.807) is 0 Å². The Labute approximate surface area is 110 Å². The van der Waals surface area contributed by atoms with Crippen LogP contribution in [0.25, 0.3) is 0 Å². The molecule has 0 aromatic carbocycles. The molecular formula is C11H14N2O3S2. The zero-order chi connectivity index (χ0) is 12.8. The minimum Gasteiger partial charge on any atom is -0.267 e. The molecule has 7 heteroatoms. The number of hydrogen-bond acceptors (Lipinski definition) is 5. The molecule has 0 atom stereocenters. The molecule has 0 bridgehead atoms. The van der Waals surface area contributed by atoms with E-state index >= 15 is 0 Å². The first-order valence-corrected chi connectivity index (χ1v) is 8.44. The van der Waals surface area contributed by atoms with E-state index in [9.17, 15) is 13.2 Å². The number of thiazole rings is 1. The summed E-state index contributed by atoms with van der Waals surface area (Å²) in [6.45, 7) is 0. The van der Waals surface area contributed by atoms with E-state index in [1.807, 2.05) is 0 Å². The quantitative estimate of drug-likeness (QED) is 0.912. The third kappa shape index (κ3) is 2.29. The Hall–Kier alpha value is -0.950. The molecule has 2 fully saturated rings. The van der Waals surface area contributed by atoms with Crippen LogP contribution in [0.15, 0.2) is 6.20 Å². The van der Waals surface area contributed by atoms with E-state index in [2.05, 4.69) is 9.71 Å². The van der Waals surface area contributed by atoms with Gasteiger partial charge in [-0.15, -0.1) is 11.3 Å². The van der Waals surface area contributed by atoms with Crippen LogP contribution in [0.5, 0.6) is 0 Å². The Morgan fingerprint density at radius 2 is 2.06 bits per heavy atom. The van der Waals surface area contributed by atoms with Crippen molar-refractivity contribution in [2.45, 2.75) is 43.3 Å². The van der Waals surface area contributed by atoms with Crippen LogP contribution in [0.2, 0.25) is 0 Å². The van der Waals surface area contributed by atoms with Gasteiger partial charge in [0.05, 0.1) is 16.5 Å². The molecule has 2 aliphatic rings. The Balaban J connectivity index is 1.69. The average molecular weight is 286 g/mol. The summed E-state index contributed by atoms with van der Waals surface area (Å²) in [5.41, 5.74) is 0. The minimum absolute atomic E-state index is 0.389. The number of aromatic nitrogens is 1. The Morgan fingerprint density at radius 1 is 1.33 bits per heavy atom. The number of nitrogens with one attached hydrogen (secondary N) is 1. The van der Waals surface area contributed by atoms with Crippen molar-refractivity contribution >= 4 is 27.3 Å². The van der Waals surface area contributed by atoms with E-state index < -0.39 is 21.2 Å². The van der Waals surface area contributed by atoms with Gasteiger partial charge in [0, 0.05) is 5.92 Å². The largest absolute Gasteiger partial charge is 0.276 e. The van der Waals surface area contributed by atoms with Crippen molar-refractivity contribution in [1.29, 1.82) is 0 Å². The van der Waals surface area contributed by atoms with Gasteiger partial charge < -0.3 is 0 Å². The molecule has 0 spiro atoms. The van der Waals surface area contributed by atoms with Crippen LogP contribution in [0, 0.1) is 0 Å². The molecule has 0 aliphatic heterocycles. The van der Waals surface area contributed by atoms with Gasteiger partial charge in [0.2, 0.25) is 10.0 Å². The molecule has 0 radical (unpaired) electrons. The summed E-state index contributed by atoms with van der Waals surface area (Å²) < 4.78 is 25.8. The van der Waals surface area contributed by atoms with E-state index in [-0.39, 0.29) is 0 Å². The molecule has 3 rings (SSSR count). The minimum atomic E-state index is -3.49. The van der Waals surface area contributed by atoms with Crippen LogP contribution in [0.3, 0.4) is 0 Å². The number of carbonyl (C=O) groups excluding carboxylic acids is 1. The Bertz CT molecular complexity index is 571. The molecule has 2 aliphatic carbocycles. The van der Waals surface area contributed by atoms with Gasteiger partial charge >= 0.3 is 0 Å². The number of carbonyl (C=O) groups is 1. The van der Waals surface area contributed by atoms with Crippen molar-refractivity contribution in [1.82, 2.24) is 9.71 Å². The predicted molar refractivity (Wildman–Crippen MR) is 68.1 cm³/mol. The fourth-order valence-corrected chi connectivity index (χ4v) is 4.39. The first-order chi connectivity index (χ1) is 8.56. The third-order valence-corrected chi connectivity index (χ3v) is 6.38. The number of amides is 1. The van der Waals surface area contributed by atoms with E-state index in [1.165, 1.54) is 17.5 Å². The Morgan fingerprint density at radius 3 is 2.61 bits per heavy atom. The molecule has 1 aromatic rings. The highest BCUT2D eigenvalue weighted by Crippen LogP contribution is 2.41. The van der Waals surface area contributed by atoms with Crippen LogP contribution in [0.4, 0.5) is 0 Å². The summed E-state index contributed by atoms with van der Waals surface area (Å²) in [5, 5.41) is 0.554.